The van der Waals surface area contributed by atoms with Crippen molar-refractivity contribution in [2.24, 2.45) is 0 Å². The molecular weight excluding hydrogens is 292 g/mol. The maximum absolute atomic E-state index is 11.7. The fourth-order valence-corrected chi connectivity index (χ4v) is 2.25. The normalized spacial score (nSPS) is 20.3. The molecule has 1 aliphatic carbocycles. The third-order valence-corrected chi connectivity index (χ3v) is 3.36. The Kier molecular flexibility index (Phi) is 5.52. The minimum atomic E-state index is -0.457. The summed E-state index contributed by atoms with van der Waals surface area (Å²) >= 11 is 0. The van der Waals surface area contributed by atoms with Crippen molar-refractivity contribution < 1.29 is 14.3 Å². The first-order valence-corrected chi connectivity index (χ1v) is 8.21. The van der Waals surface area contributed by atoms with Crippen LogP contribution in [0.25, 0.3) is 0 Å². The topological polar surface area (TPSA) is 59.6 Å². The van der Waals surface area contributed by atoms with Crippen LogP contribution >= 0.6 is 0 Å². The van der Waals surface area contributed by atoms with Crippen LogP contribution in [0.2, 0.25) is 0 Å². The van der Waals surface area contributed by atoms with Crippen molar-refractivity contribution in [2.45, 2.75) is 71.4 Å². The zero-order valence-electron chi connectivity index (χ0n) is 14.7. The van der Waals surface area contributed by atoms with Crippen molar-refractivity contribution in [2.75, 3.05) is 0 Å². The Morgan fingerprint density at radius 3 is 2.43 bits per heavy atom. The van der Waals surface area contributed by atoms with Gasteiger partial charge in [-0.05, 0) is 58.7 Å². The lowest BCUT2D eigenvalue weighted by molar-refractivity contribution is 0.0522. The van der Waals surface area contributed by atoms with Crippen LogP contribution in [0.15, 0.2) is 24.3 Å². The Morgan fingerprint density at radius 2 is 1.87 bits per heavy atom. The molecule has 1 amide bonds. The van der Waals surface area contributed by atoms with E-state index in [9.17, 15) is 4.79 Å². The molecular formula is C18H28N2O3. The van der Waals surface area contributed by atoms with Gasteiger partial charge in [0.05, 0.1) is 6.10 Å². The molecule has 2 N–H and O–H groups in total. The molecule has 1 saturated carbocycles. The fraction of sp³-hybridized carbons (Fsp3) is 0.611. The molecule has 23 heavy (non-hydrogen) atoms. The van der Waals surface area contributed by atoms with Gasteiger partial charge < -0.3 is 20.1 Å². The highest BCUT2D eigenvalue weighted by molar-refractivity contribution is 5.68. The van der Waals surface area contributed by atoms with E-state index < -0.39 is 5.60 Å². The summed E-state index contributed by atoms with van der Waals surface area (Å²) in [6, 6.07) is 8.57. The molecule has 0 bridgehead atoms. The Balaban J connectivity index is 1.69. The molecule has 1 aromatic carbocycles. The SMILES string of the molecule is CC(C)Oc1ccc(CNC2CC2NC(=O)OC(C)(C)C)cc1. The van der Waals surface area contributed by atoms with Crippen LogP contribution in [-0.2, 0) is 11.3 Å². The molecule has 2 rings (SSSR count). The smallest absolute Gasteiger partial charge is 0.407 e. The molecule has 0 radical (unpaired) electrons. The zero-order chi connectivity index (χ0) is 17.0. The third-order valence-electron chi connectivity index (χ3n) is 3.36. The molecule has 0 saturated heterocycles. The lowest BCUT2D eigenvalue weighted by Crippen LogP contribution is -2.36. The van der Waals surface area contributed by atoms with Crippen molar-refractivity contribution in [3.05, 3.63) is 29.8 Å². The third kappa shape index (κ3) is 6.48. The van der Waals surface area contributed by atoms with E-state index in [0.29, 0.717) is 6.04 Å². The molecule has 2 unspecified atom stereocenters. The van der Waals surface area contributed by atoms with Crippen LogP contribution < -0.4 is 15.4 Å². The highest BCUT2D eigenvalue weighted by Gasteiger charge is 2.38. The average molecular weight is 320 g/mol. The molecule has 1 aliphatic rings. The summed E-state index contributed by atoms with van der Waals surface area (Å²) in [6.45, 7) is 10.4. The van der Waals surface area contributed by atoms with Gasteiger partial charge in [-0.3, -0.25) is 0 Å². The predicted octanol–water partition coefficient (Wildman–Crippen LogP) is 3.23. The first-order valence-electron chi connectivity index (χ1n) is 8.21. The number of carbonyl (C=O) groups is 1. The second kappa shape index (κ2) is 7.21. The molecule has 1 fully saturated rings. The second-order valence-corrected chi connectivity index (χ2v) is 7.29. The maximum atomic E-state index is 11.7. The van der Waals surface area contributed by atoms with Gasteiger partial charge in [0.1, 0.15) is 11.4 Å². The molecule has 1 aromatic rings. The van der Waals surface area contributed by atoms with Gasteiger partial charge >= 0.3 is 6.09 Å². The first kappa shape index (κ1) is 17.6. The lowest BCUT2D eigenvalue weighted by Gasteiger charge is -2.19. The van der Waals surface area contributed by atoms with Gasteiger partial charge in [-0.2, -0.15) is 0 Å². The van der Waals surface area contributed by atoms with E-state index in [-0.39, 0.29) is 18.2 Å². The van der Waals surface area contributed by atoms with Crippen molar-refractivity contribution in [3.8, 4) is 5.75 Å². The number of nitrogens with one attached hydrogen (secondary N) is 2. The first-order chi connectivity index (χ1) is 10.7. The number of benzene rings is 1. The van der Waals surface area contributed by atoms with E-state index in [1.165, 1.54) is 5.56 Å². The van der Waals surface area contributed by atoms with Gasteiger partial charge in [-0.25, -0.2) is 4.79 Å². The highest BCUT2D eigenvalue weighted by atomic mass is 16.6. The largest absolute Gasteiger partial charge is 0.491 e. The monoisotopic (exact) mass is 320 g/mol. The number of amides is 1. The van der Waals surface area contributed by atoms with Crippen LogP contribution in [0.1, 0.15) is 46.6 Å². The Hall–Kier alpha value is -1.75. The second-order valence-electron chi connectivity index (χ2n) is 7.29. The van der Waals surface area contributed by atoms with Gasteiger partial charge in [-0.1, -0.05) is 12.1 Å². The number of hydrogen-bond donors (Lipinski definition) is 2. The number of carbonyl (C=O) groups excluding carboxylic acids is 1. The summed E-state index contributed by atoms with van der Waals surface area (Å²) in [7, 11) is 0. The van der Waals surface area contributed by atoms with Crippen LogP contribution in [0, 0.1) is 0 Å². The average Bonchev–Trinajstić information content (AvgIpc) is 3.13. The van der Waals surface area contributed by atoms with E-state index in [1.54, 1.807) is 0 Å². The van der Waals surface area contributed by atoms with E-state index in [1.807, 2.05) is 46.8 Å². The van der Waals surface area contributed by atoms with E-state index in [2.05, 4.69) is 22.8 Å². The molecule has 128 valence electrons. The predicted molar refractivity (Wildman–Crippen MR) is 90.6 cm³/mol. The number of hydrogen-bond acceptors (Lipinski definition) is 4. The van der Waals surface area contributed by atoms with Crippen LogP contribution in [-0.4, -0.2) is 29.9 Å². The molecule has 2 atom stereocenters. The molecule has 5 nitrogen and oxygen atoms in total. The molecule has 5 heteroatoms. The van der Waals surface area contributed by atoms with E-state index in [0.717, 1.165) is 18.7 Å². The minimum absolute atomic E-state index is 0.161. The highest BCUT2D eigenvalue weighted by Crippen LogP contribution is 2.23. The van der Waals surface area contributed by atoms with Crippen LogP contribution in [0.5, 0.6) is 5.75 Å². The van der Waals surface area contributed by atoms with E-state index >= 15 is 0 Å². The van der Waals surface area contributed by atoms with Gasteiger partial charge in [0.2, 0.25) is 0 Å². The number of rotatable bonds is 6. The van der Waals surface area contributed by atoms with Crippen LogP contribution in [0.4, 0.5) is 4.79 Å². The zero-order valence-corrected chi connectivity index (χ0v) is 14.7. The number of alkyl carbamates (subject to hydrolysis) is 1. The lowest BCUT2D eigenvalue weighted by atomic mass is 10.2. The van der Waals surface area contributed by atoms with Crippen molar-refractivity contribution in [1.29, 1.82) is 0 Å². The van der Waals surface area contributed by atoms with Crippen molar-refractivity contribution >= 4 is 6.09 Å². The van der Waals surface area contributed by atoms with Crippen molar-refractivity contribution in [1.82, 2.24) is 10.6 Å². The standard InChI is InChI=1S/C18H28N2O3/c1-12(2)22-14-8-6-13(7-9-14)11-19-15-10-16(15)20-17(21)23-18(3,4)5/h6-9,12,15-16,19H,10-11H2,1-5H3,(H,20,21). The van der Waals surface area contributed by atoms with Crippen molar-refractivity contribution in [3.63, 3.8) is 0 Å². The number of ether oxygens (including phenoxy) is 2. The summed E-state index contributed by atoms with van der Waals surface area (Å²) in [4.78, 5) is 11.7. The summed E-state index contributed by atoms with van der Waals surface area (Å²) in [5, 5.41) is 6.32. The molecule has 0 aromatic heterocycles. The van der Waals surface area contributed by atoms with Crippen LogP contribution in [0.3, 0.4) is 0 Å². The Morgan fingerprint density at radius 1 is 1.22 bits per heavy atom. The van der Waals surface area contributed by atoms with Gasteiger partial charge in [0.15, 0.2) is 0 Å². The Labute approximate surface area is 138 Å². The van der Waals surface area contributed by atoms with Gasteiger partial charge in [-0.15, -0.1) is 0 Å². The quantitative estimate of drug-likeness (QED) is 0.845. The molecule has 0 aliphatic heterocycles. The summed E-state index contributed by atoms with van der Waals surface area (Å²) in [5.74, 6) is 0.889. The summed E-state index contributed by atoms with van der Waals surface area (Å²) in [6.07, 6.45) is 0.778. The molecule has 0 spiro atoms. The Bertz CT molecular complexity index is 520. The van der Waals surface area contributed by atoms with Gasteiger partial charge in [0, 0.05) is 18.6 Å². The minimum Gasteiger partial charge on any atom is -0.491 e. The van der Waals surface area contributed by atoms with E-state index in [4.69, 9.17) is 9.47 Å². The fourth-order valence-electron chi connectivity index (χ4n) is 2.25. The molecule has 0 heterocycles. The summed E-state index contributed by atoms with van der Waals surface area (Å²) < 4.78 is 10.9. The summed E-state index contributed by atoms with van der Waals surface area (Å²) in [5.41, 5.74) is 0.742. The van der Waals surface area contributed by atoms with Gasteiger partial charge in [0.25, 0.3) is 0 Å². The maximum Gasteiger partial charge on any atom is 0.407 e.